The van der Waals surface area contributed by atoms with Gasteiger partial charge in [-0.2, -0.15) is 0 Å². The Kier molecular flexibility index (Phi) is 5.58. The lowest BCUT2D eigenvalue weighted by molar-refractivity contribution is 0.260. The topological polar surface area (TPSA) is 52.6 Å². The average Bonchev–Trinajstić information content (AvgIpc) is 2.40. The van der Waals surface area contributed by atoms with Crippen molar-refractivity contribution in [1.29, 1.82) is 0 Å². The number of rotatable bonds is 2. The van der Waals surface area contributed by atoms with Crippen LogP contribution in [-0.2, 0) is 0 Å². The Morgan fingerprint density at radius 1 is 1.00 bits per heavy atom. The molecular weight excluding hydrogens is 390 g/mol. The summed E-state index contributed by atoms with van der Waals surface area (Å²) in [5.41, 5.74) is 0.403. The molecule has 0 radical (unpaired) electrons. The van der Waals surface area contributed by atoms with Crippen LogP contribution in [0, 0.1) is 0 Å². The van der Waals surface area contributed by atoms with Crippen molar-refractivity contribution in [2.24, 2.45) is 0 Å². The van der Waals surface area contributed by atoms with Crippen molar-refractivity contribution in [2.45, 2.75) is 0 Å². The van der Waals surface area contributed by atoms with Crippen LogP contribution in [0.5, 0.6) is 5.75 Å². The van der Waals surface area contributed by atoms with Crippen molar-refractivity contribution < 1.29 is 9.90 Å². The van der Waals surface area contributed by atoms with Crippen LogP contribution in [0.4, 0.5) is 16.2 Å². The molecule has 0 saturated carbocycles. The monoisotopic (exact) mass is 396 g/mol. The lowest BCUT2D eigenvalue weighted by Crippen LogP contribution is -2.26. The van der Waals surface area contributed by atoms with Crippen molar-refractivity contribution >= 4 is 76.6 Å². The number of nitrogens with one attached hydrogen (secondary N) is 1. The van der Waals surface area contributed by atoms with Crippen molar-refractivity contribution in [3.8, 4) is 5.75 Å². The number of hydrogen-bond acceptors (Lipinski definition) is 3. The van der Waals surface area contributed by atoms with Gasteiger partial charge in [0.15, 0.2) is 5.75 Å². The Hall–Kier alpha value is -0.980. The quantitative estimate of drug-likeness (QED) is 0.553. The fraction of sp³-hybridized carbons (Fsp3) is 0. The van der Waals surface area contributed by atoms with E-state index in [-0.39, 0.29) is 21.5 Å². The summed E-state index contributed by atoms with van der Waals surface area (Å²) < 4.78 is 0.863. The van der Waals surface area contributed by atoms with Crippen LogP contribution in [0.2, 0.25) is 20.1 Å². The first-order valence-corrected chi connectivity index (χ1v) is 7.63. The highest BCUT2D eigenvalue weighted by atomic mass is 35.5. The van der Waals surface area contributed by atoms with Gasteiger partial charge < -0.3 is 10.4 Å². The minimum atomic E-state index is -0.657. The fourth-order valence-electron chi connectivity index (χ4n) is 1.63. The van der Waals surface area contributed by atoms with E-state index in [0.29, 0.717) is 15.7 Å². The van der Waals surface area contributed by atoms with Gasteiger partial charge in [0, 0.05) is 20.8 Å². The molecule has 0 unspecified atom stereocenters. The molecule has 2 N–H and O–H groups in total. The van der Waals surface area contributed by atoms with Gasteiger partial charge in [-0.25, -0.2) is 9.10 Å². The maximum absolute atomic E-state index is 12.2. The number of benzene rings is 2. The molecule has 2 aromatic rings. The van der Waals surface area contributed by atoms with Gasteiger partial charge in [0.1, 0.15) is 5.69 Å². The van der Waals surface area contributed by atoms with Crippen molar-refractivity contribution in [3.63, 3.8) is 0 Å². The molecule has 0 aliphatic rings. The number of hydrogen-bond donors (Lipinski definition) is 3. The van der Waals surface area contributed by atoms with E-state index in [4.69, 9.17) is 46.4 Å². The van der Waals surface area contributed by atoms with Gasteiger partial charge in [0.25, 0.3) is 0 Å². The molecule has 116 valence electrons. The number of carbonyl (C=O) groups excluding carboxylic acids is 1. The van der Waals surface area contributed by atoms with Gasteiger partial charge in [-0.1, -0.05) is 59.2 Å². The zero-order valence-corrected chi connectivity index (χ0v) is 14.6. The molecule has 0 atom stereocenters. The maximum atomic E-state index is 12.2. The van der Waals surface area contributed by atoms with E-state index in [0.717, 1.165) is 4.31 Å². The largest absolute Gasteiger partial charge is 0.504 e. The molecular formula is C13H8Cl4N2O2S. The van der Waals surface area contributed by atoms with Crippen LogP contribution >= 0.6 is 59.2 Å². The normalized spacial score (nSPS) is 10.4. The molecule has 0 saturated heterocycles. The molecule has 0 bridgehead atoms. The molecule has 0 aromatic heterocycles. The second-order valence-electron chi connectivity index (χ2n) is 4.16. The van der Waals surface area contributed by atoms with Gasteiger partial charge in [0.05, 0.1) is 5.02 Å². The minimum Gasteiger partial charge on any atom is -0.504 e. The van der Waals surface area contributed by atoms with Gasteiger partial charge in [-0.3, -0.25) is 0 Å². The Labute approximate surface area is 152 Å². The zero-order valence-electron chi connectivity index (χ0n) is 10.6. The average molecular weight is 398 g/mol. The van der Waals surface area contributed by atoms with E-state index in [1.165, 1.54) is 30.3 Å². The fourth-order valence-corrected chi connectivity index (χ4v) is 2.84. The van der Waals surface area contributed by atoms with Crippen LogP contribution in [0.1, 0.15) is 0 Å². The van der Waals surface area contributed by atoms with Gasteiger partial charge in [0.2, 0.25) is 0 Å². The first-order valence-electron chi connectivity index (χ1n) is 5.72. The first-order chi connectivity index (χ1) is 10.3. The molecule has 0 aliphatic heterocycles. The Balaban J connectivity index is 2.26. The van der Waals surface area contributed by atoms with Crippen LogP contribution in [0.25, 0.3) is 0 Å². The molecule has 2 rings (SSSR count). The van der Waals surface area contributed by atoms with Gasteiger partial charge in [-0.05, 0) is 30.3 Å². The molecule has 22 heavy (non-hydrogen) atoms. The van der Waals surface area contributed by atoms with E-state index in [2.05, 4.69) is 18.1 Å². The first kappa shape index (κ1) is 17.4. The predicted octanol–water partition coefficient (Wildman–Crippen LogP) is 5.89. The molecule has 0 spiro atoms. The third-order valence-electron chi connectivity index (χ3n) is 2.54. The molecule has 0 fully saturated rings. The summed E-state index contributed by atoms with van der Waals surface area (Å²) >= 11 is 27.4. The number of carbonyl (C=O) groups is 1. The van der Waals surface area contributed by atoms with Crippen LogP contribution in [-0.4, -0.2) is 11.1 Å². The lowest BCUT2D eigenvalue weighted by atomic mass is 10.3. The smallest absolute Gasteiger partial charge is 0.336 e. The second kappa shape index (κ2) is 7.06. The summed E-state index contributed by atoms with van der Waals surface area (Å²) in [5.74, 6) is -0.319. The third-order valence-corrected chi connectivity index (χ3v) is 3.88. The number of nitrogens with zero attached hydrogens (tertiary/aromatic N) is 1. The van der Waals surface area contributed by atoms with E-state index >= 15 is 0 Å². The third kappa shape index (κ3) is 4.06. The summed E-state index contributed by atoms with van der Waals surface area (Å²) in [6.07, 6.45) is 0. The number of halogens is 4. The van der Waals surface area contributed by atoms with E-state index in [9.17, 15) is 9.90 Å². The molecule has 2 aromatic carbocycles. The molecule has 0 aliphatic carbocycles. The standard InChI is InChI=1S/C13H8Cl4N2O2S/c14-6-1-7(15)3-9(2-6)18-13(21)19(22)11-5-8(16)4-10(17)12(11)20/h1-5,20,22H,(H,18,21). The van der Waals surface area contributed by atoms with Gasteiger partial charge in [-0.15, -0.1) is 0 Å². The summed E-state index contributed by atoms with van der Waals surface area (Å²) in [7, 11) is 0. The number of amides is 2. The highest BCUT2D eigenvalue weighted by Gasteiger charge is 2.19. The second-order valence-corrected chi connectivity index (χ2v) is 6.27. The van der Waals surface area contributed by atoms with E-state index < -0.39 is 6.03 Å². The molecule has 4 nitrogen and oxygen atoms in total. The number of thiol groups is 1. The summed E-state index contributed by atoms with van der Waals surface area (Å²) in [6.45, 7) is 0. The molecule has 9 heteroatoms. The van der Waals surface area contributed by atoms with Crippen LogP contribution in [0.3, 0.4) is 0 Å². The zero-order chi connectivity index (χ0) is 16.4. The lowest BCUT2D eigenvalue weighted by Gasteiger charge is -2.18. The van der Waals surface area contributed by atoms with Gasteiger partial charge >= 0.3 is 6.03 Å². The highest BCUT2D eigenvalue weighted by Crippen LogP contribution is 2.38. The Morgan fingerprint density at radius 2 is 1.55 bits per heavy atom. The van der Waals surface area contributed by atoms with Crippen LogP contribution < -0.4 is 9.62 Å². The SMILES string of the molecule is O=C(Nc1cc(Cl)cc(Cl)c1)N(S)c1cc(Cl)cc(Cl)c1O. The Morgan fingerprint density at radius 3 is 2.14 bits per heavy atom. The van der Waals surface area contributed by atoms with Crippen LogP contribution in [0.15, 0.2) is 30.3 Å². The molecule has 2 amide bonds. The Bertz CT molecular complexity index is 722. The van der Waals surface area contributed by atoms with E-state index in [1.54, 1.807) is 0 Å². The number of urea groups is 1. The summed E-state index contributed by atoms with van der Waals surface area (Å²) in [4.78, 5) is 12.2. The summed E-state index contributed by atoms with van der Waals surface area (Å²) in [6, 6.07) is 6.59. The van der Waals surface area contributed by atoms with Crippen molar-refractivity contribution in [2.75, 3.05) is 9.62 Å². The number of phenols is 1. The molecule has 0 heterocycles. The number of phenolic OH excluding ortho intramolecular Hbond substituents is 1. The minimum absolute atomic E-state index is 0.000139. The maximum Gasteiger partial charge on any atom is 0.336 e. The van der Waals surface area contributed by atoms with E-state index in [1.807, 2.05) is 0 Å². The van der Waals surface area contributed by atoms with Crippen molar-refractivity contribution in [3.05, 3.63) is 50.4 Å². The van der Waals surface area contributed by atoms with Crippen molar-refractivity contribution in [1.82, 2.24) is 0 Å². The number of aromatic hydroxyl groups is 1. The summed E-state index contributed by atoms with van der Waals surface area (Å²) in [5, 5.41) is 13.4. The number of anilines is 2. The highest BCUT2D eigenvalue weighted by molar-refractivity contribution is 7.82. The predicted molar refractivity (Wildman–Crippen MR) is 95.1 cm³/mol.